The van der Waals surface area contributed by atoms with E-state index in [1.165, 1.54) is 54.1 Å². The Balaban J connectivity index is 2.10. The van der Waals surface area contributed by atoms with Crippen LogP contribution in [-0.2, 0) is 0 Å². The summed E-state index contributed by atoms with van der Waals surface area (Å²) in [4.78, 5) is 0. The molecular formula is C17H26BrN. The molecule has 19 heavy (non-hydrogen) atoms. The quantitative estimate of drug-likeness (QED) is 0.741. The van der Waals surface area contributed by atoms with Gasteiger partial charge < -0.3 is 5.32 Å². The van der Waals surface area contributed by atoms with Crippen LogP contribution in [0.1, 0.15) is 62.6 Å². The average molecular weight is 324 g/mol. The minimum absolute atomic E-state index is 0.538. The standard InChI is InChI=1S/C17H26BrN/c1-3-10-19-17(12-14-6-4-5-7-14)16-9-8-15(18)11-13(16)2/h8-9,11,14,17,19H,3-7,10,12H2,1-2H3. The summed E-state index contributed by atoms with van der Waals surface area (Å²) in [7, 11) is 0. The molecule has 1 aliphatic rings. The van der Waals surface area contributed by atoms with E-state index in [0.717, 1.165) is 12.5 Å². The Bertz CT molecular complexity index is 396. The molecule has 1 fully saturated rings. The largest absolute Gasteiger partial charge is 0.310 e. The van der Waals surface area contributed by atoms with Crippen LogP contribution in [0.25, 0.3) is 0 Å². The fraction of sp³-hybridized carbons (Fsp3) is 0.647. The predicted molar refractivity (Wildman–Crippen MR) is 86.5 cm³/mol. The first-order valence-electron chi connectivity index (χ1n) is 7.70. The van der Waals surface area contributed by atoms with Crippen LogP contribution in [0.5, 0.6) is 0 Å². The molecular weight excluding hydrogens is 298 g/mol. The van der Waals surface area contributed by atoms with E-state index in [0.29, 0.717) is 6.04 Å². The van der Waals surface area contributed by atoms with Crippen LogP contribution in [0.3, 0.4) is 0 Å². The third kappa shape index (κ3) is 4.32. The van der Waals surface area contributed by atoms with Crippen LogP contribution >= 0.6 is 15.9 Å². The van der Waals surface area contributed by atoms with Gasteiger partial charge in [0.15, 0.2) is 0 Å². The van der Waals surface area contributed by atoms with E-state index in [1.54, 1.807) is 0 Å². The number of benzene rings is 1. The second-order valence-electron chi connectivity index (χ2n) is 5.89. The third-order valence-corrected chi connectivity index (χ3v) is 4.79. The lowest BCUT2D eigenvalue weighted by Gasteiger charge is -2.24. The first kappa shape index (κ1) is 15.1. The van der Waals surface area contributed by atoms with E-state index in [4.69, 9.17) is 0 Å². The second-order valence-corrected chi connectivity index (χ2v) is 6.81. The Morgan fingerprint density at radius 1 is 1.32 bits per heavy atom. The Kier molecular flexibility index (Phi) is 5.90. The molecule has 2 rings (SSSR count). The highest BCUT2D eigenvalue weighted by Gasteiger charge is 2.21. The molecule has 0 aromatic heterocycles. The van der Waals surface area contributed by atoms with Crippen LogP contribution in [0.4, 0.5) is 0 Å². The smallest absolute Gasteiger partial charge is 0.0325 e. The minimum atomic E-state index is 0.538. The van der Waals surface area contributed by atoms with Crippen LogP contribution in [0.15, 0.2) is 22.7 Å². The topological polar surface area (TPSA) is 12.0 Å². The van der Waals surface area contributed by atoms with Crippen molar-refractivity contribution in [3.63, 3.8) is 0 Å². The van der Waals surface area contributed by atoms with Gasteiger partial charge in [-0.2, -0.15) is 0 Å². The lowest BCUT2D eigenvalue weighted by atomic mass is 9.91. The van der Waals surface area contributed by atoms with Crippen molar-refractivity contribution >= 4 is 15.9 Å². The van der Waals surface area contributed by atoms with E-state index in [2.05, 4.69) is 53.3 Å². The van der Waals surface area contributed by atoms with Gasteiger partial charge in [0.2, 0.25) is 0 Å². The summed E-state index contributed by atoms with van der Waals surface area (Å²) in [5, 5.41) is 3.76. The summed E-state index contributed by atoms with van der Waals surface area (Å²) in [6.07, 6.45) is 8.24. The molecule has 0 saturated heterocycles. The zero-order valence-corrected chi connectivity index (χ0v) is 13.8. The van der Waals surface area contributed by atoms with Crippen LogP contribution in [0, 0.1) is 12.8 Å². The maximum Gasteiger partial charge on any atom is 0.0325 e. The Morgan fingerprint density at radius 3 is 2.68 bits per heavy atom. The molecule has 1 N–H and O–H groups in total. The van der Waals surface area contributed by atoms with Crippen molar-refractivity contribution in [3.8, 4) is 0 Å². The van der Waals surface area contributed by atoms with E-state index in [1.807, 2.05) is 0 Å². The maximum absolute atomic E-state index is 3.76. The van der Waals surface area contributed by atoms with Crippen molar-refractivity contribution in [2.45, 2.75) is 58.4 Å². The summed E-state index contributed by atoms with van der Waals surface area (Å²) < 4.78 is 1.18. The zero-order valence-electron chi connectivity index (χ0n) is 12.2. The molecule has 1 unspecified atom stereocenters. The third-order valence-electron chi connectivity index (χ3n) is 4.29. The fourth-order valence-corrected chi connectivity index (χ4v) is 3.72. The highest BCUT2D eigenvalue weighted by atomic mass is 79.9. The van der Waals surface area contributed by atoms with Crippen LogP contribution in [-0.4, -0.2) is 6.54 Å². The van der Waals surface area contributed by atoms with Gasteiger partial charge in [-0.1, -0.05) is 54.6 Å². The molecule has 0 bridgehead atoms. The van der Waals surface area contributed by atoms with Crippen molar-refractivity contribution in [1.82, 2.24) is 5.32 Å². The molecule has 1 aromatic carbocycles. The number of hydrogen-bond donors (Lipinski definition) is 1. The van der Waals surface area contributed by atoms with Crippen molar-refractivity contribution in [2.24, 2.45) is 5.92 Å². The molecule has 1 aromatic rings. The van der Waals surface area contributed by atoms with Gasteiger partial charge in [-0.25, -0.2) is 0 Å². The summed E-state index contributed by atoms with van der Waals surface area (Å²) in [6, 6.07) is 7.25. The molecule has 0 aliphatic heterocycles. The van der Waals surface area contributed by atoms with Crippen molar-refractivity contribution in [3.05, 3.63) is 33.8 Å². The summed E-state index contributed by atoms with van der Waals surface area (Å²) in [6.45, 7) is 5.59. The molecule has 0 spiro atoms. The molecule has 2 heteroatoms. The normalized spacial score (nSPS) is 17.8. The zero-order chi connectivity index (χ0) is 13.7. The summed E-state index contributed by atoms with van der Waals surface area (Å²) in [5.74, 6) is 0.928. The predicted octanol–water partition coefficient (Wildman–Crippen LogP) is 5.38. The van der Waals surface area contributed by atoms with E-state index < -0.39 is 0 Å². The monoisotopic (exact) mass is 323 g/mol. The average Bonchev–Trinajstić information content (AvgIpc) is 2.88. The Hall–Kier alpha value is -0.340. The van der Waals surface area contributed by atoms with Crippen molar-refractivity contribution in [2.75, 3.05) is 6.54 Å². The second kappa shape index (κ2) is 7.44. The summed E-state index contributed by atoms with van der Waals surface area (Å²) in [5.41, 5.74) is 2.89. The lowest BCUT2D eigenvalue weighted by Crippen LogP contribution is -2.24. The number of halogens is 1. The van der Waals surface area contributed by atoms with Gasteiger partial charge in [0.05, 0.1) is 0 Å². The van der Waals surface area contributed by atoms with Crippen LogP contribution in [0.2, 0.25) is 0 Å². The fourth-order valence-electron chi connectivity index (χ4n) is 3.25. The minimum Gasteiger partial charge on any atom is -0.310 e. The van der Waals surface area contributed by atoms with Gasteiger partial charge >= 0.3 is 0 Å². The number of aryl methyl sites for hydroxylation is 1. The van der Waals surface area contributed by atoms with E-state index in [9.17, 15) is 0 Å². The molecule has 0 amide bonds. The molecule has 1 saturated carbocycles. The molecule has 1 aliphatic carbocycles. The van der Waals surface area contributed by atoms with Gasteiger partial charge in [-0.05, 0) is 55.5 Å². The SMILES string of the molecule is CCCNC(CC1CCCC1)c1ccc(Br)cc1C. The Labute approximate surface area is 126 Å². The number of rotatable bonds is 6. The highest BCUT2D eigenvalue weighted by Crippen LogP contribution is 2.34. The maximum atomic E-state index is 3.76. The summed E-state index contributed by atoms with van der Waals surface area (Å²) >= 11 is 3.57. The van der Waals surface area contributed by atoms with Gasteiger partial charge in [-0.3, -0.25) is 0 Å². The van der Waals surface area contributed by atoms with Crippen LogP contribution < -0.4 is 5.32 Å². The molecule has 1 atom stereocenters. The first-order chi connectivity index (χ1) is 9.20. The number of hydrogen-bond acceptors (Lipinski definition) is 1. The highest BCUT2D eigenvalue weighted by molar-refractivity contribution is 9.10. The van der Waals surface area contributed by atoms with E-state index in [-0.39, 0.29) is 0 Å². The van der Waals surface area contributed by atoms with Gasteiger partial charge in [0.1, 0.15) is 0 Å². The lowest BCUT2D eigenvalue weighted by molar-refractivity contribution is 0.394. The van der Waals surface area contributed by atoms with Crippen molar-refractivity contribution in [1.29, 1.82) is 0 Å². The first-order valence-corrected chi connectivity index (χ1v) is 8.49. The van der Waals surface area contributed by atoms with Gasteiger partial charge in [0, 0.05) is 10.5 Å². The Morgan fingerprint density at radius 2 is 2.05 bits per heavy atom. The van der Waals surface area contributed by atoms with E-state index >= 15 is 0 Å². The van der Waals surface area contributed by atoms with Gasteiger partial charge in [0.25, 0.3) is 0 Å². The molecule has 106 valence electrons. The van der Waals surface area contributed by atoms with Crippen molar-refractivity contribution < 1.29 is 0 Å². The molecule has 1 nitrogen and oxygen atoms in total. The molecule has 0 heterocycles. The molecule has 0 radical (unpaired) electrons. The van der Waals surface area contributed by atoms with Gasteiger partial charge in [-0.15, -0.1) is 0 Å². The number of nitrogens with one attached hydrogen (secondary N) is 1.